The average molecular weight is 258 g/mol. The van der Waals surface area contributed by atoms with Crippen LogP contribution in [0.1, 0.15) is 13.8 Å². The molecule has 1 aromatic carbocycles. The van der Waals surface area contributed by atoms with Gasteiger partial charge in [0.05, 0.1) is 18.1 Å². The maximum Gasteiger partial charge on any atom is 0.429 e. The van der Waals surface area contributed by atoms with Crippen LogP contribution in [0.25, 0.3) is 0 Å². The minimum Gasteiger partial charge on any atom is -0.494 e. The fourth-order valence-corrected chi connectivity index (χ4v) is 2.13. The van der Waals surface area contributed by atoms with Crippen molar-refractivity contribution in [3.63, 3.8) is 0 Å². The zero-order chi connectivity index (χ0) is 12.9. The molecule has 5 nitrogen and oxygen atoms in total. The topological polar surface area (TPSA) is 69.7 Å². The lowest BCUT2D eigenvalue weighted by Gasteiger charge is -2.05. The molecule has 0 aliphatic rings. The monoisotopic (exact) mass is 258 g/mol. The summed E-state index contributed by atoms with van der Waals surface area (Å²) in [6.07, 6.45) is 0. The summed E-state index contributed by atoms with van der Waals surface area (Å²) in [6, 6.07) is 5.62. The Balaban J connectivity index is 2.96. The zero-order valence-electron chi connectivity index (χ0n) is 9.67. The Kier molecular flexibility index (Phi) is 4.51. The number of hydrogen-bond acceptors (Lipinski definition) is 5. The van der Waals surface area contributed by atoms with Gasteiger partial charge in [-0.25, -0.2) is 13.2 Å². The van der Waals surface area contributed by atoms with Gasteiger partial charge in [-0.1, -0.05) is 0 Å². The predicted octanol–water partition coefficient (Wildman–Crippen LogP) is 2.02. The van der Waals surface area contributed by atoms with Crippen molar-refractivity contribution in [2.24, 2.45) is 0 Å². The minimum atomic E-state index is -4.05. The Labute approximate surface area is 100 Å². The van der Waals surface area contributed by atoms with Crippen LogP contribution < -0.4 is 4.74 Å². The molecule has 0 atom stereocenters. The molecule has 0 fully saturated rings. The van der Waals surface area contributed by atoms with E-state index < -0.39 is 15.1 Å². The maximum absolute atomic E-state index is 11.7. The third-order valence-corrected chi connectivity index (χ3v) is 3.38. The van der Waals surface area contributed by atoms with Gasteiger partial charge in [0.15, 0.2) is 0 Å². The molecule has 1 aromatic rings. The van der Waals surface area contributed by atoms with Crippen LogP contribution in [0.4, 0.5) is 4.79 Å². The van der Waals surface area contributed by atoms with E-state index in [1.54, 1.807) is 6.92 Å². The highest BCUT2D eigenvalue weighted by molar-refractivity contribution is 8.05. The lowest BCUT2D eigenvalue weighted by Crippen LogP contribution is -2.16. The van der Waals surface area contributed by atoms with Gasteiger partial charge in [0.1, 0.15) is 5.75 Å². The van der Waals surface area contributed by atoms with E-state index in [-0.39, 0.29) is 11.5 Å². The molecule has 6 heteroatoms. The van der Waals surface area contributed by atoms with Gasteiger partial charge in [0, 0.05) is 0 Å². The van der Waals surface area contributed by atoms with E-state index in [9.17, 15) is 13.2 Å². The summed E-state index contributed by atoms with van der Waals surface area (Å²) in [5.41, 5.74) is 0. The molecule has 0 heterocycles. The standard InChI is InChI=1S/C11H14O5S/c1-3-15-9-5-7-10(8-6-9)17(13,14)11(12)16-4-2/h5-8H,3-4H2,1-2H3. The van der Waals surface area contributed by atoms with Crippen molar-refractivity contribution in [1.29, 1.82) is 0 Å². The molecule has 0 N–H and O–H groups in total. The van der Waals surface area contributed by atoms with Crippen molar-refractivity contribution in [2.75, 3.05) is 13.2 Å². The Hall–Kier alpha value is -1.56. The van der Waals surface area contributed by atoms with Crippen molar-refractivity contribution in [2.45, 2.75) is 18.7 Å². The Morgan fingerprint density at radius 1 is 1.12 bits per heavy atom. The predicted molar refractivity (Wildman–Crippen MR) is 61.8 cm³/mol. The maximum atomic E-state index is 11.7. The molecule has 0 aromatic heterocycles. The first-order valence-electron chi connectivity index (χ1n) is 5.17. The summed E-state index contributed by atoms with van der Waals surface area (Å²) >= 11 is 0. The van der Waals surface area contributed by atoms with Crippen LogP contribution in [0, 0.1) is 0 Å². The van der Waals surface area contributed by atoms with Crippen molar-refractivity contribution in [1.82, 2.24) is 0 Å². The molecule has 94 valence electrons. The molecular formula is C11H14O5S. The SMILES string of the molecule is CCOC(=O)S(=O)(=O)c1ccc(OCC)cc1. The van der Waals surface area contributed by atoms with E-state index in [1.807, 2.05) is 6.92 Å². The highest BCUT2D eigenvalue weighted by Gasteiger charge is 2.26. The number of sulfone groups is 1. The summed E-state index contributed by atoms with van der Waals surface area (Å²) in [5.74, 6) is 0.551. The average Bonchev–Trinajstić information content (AvgIpc) is 2.30. The van der Waals surface area contributed by atoms with Crippen LogP contribution in [0.2, 0.25) is 0 Å². The summed E-state index contributed by atoms with van der Waals surface area (Å²) in [4.78, 5) is 11.1. The number of carbonyl (C=O) groups is 1. The van der Waals surface area contributed by atoms with E-state index in [2.05, 4.69) is 4.74 Å². The number of hydrogen-bond donors (Lipinski definition) is 0. The van der Waals surface area contributed by atoms with Crippen LogP contribution in [-0.2, 0) is 14.6 Å². The van der Waals surface area contributed by atoms with E-state index in [0.717, 1.165) is 0 Å². The van der Waals surface area contributed by atoms with Crippen LogP contribution in [0.5, 0.6) is 5.75 Å². The Bertz CT molecular complexity index is 475. The molecule has 0 amide bonds. The van der Waals surface area contributed by atoms with Gasteiger partial charge < -0.3 is 9.47 Å². The van der Waals surface area contributed by atoms with Crippen LogP contribution >= 0.6 is 0 Å². The third kappa shape index (κ3) is 3.20. The van der Waals surface area contributed by atoms with E-state index in [1.165, 1.54) is 24.3 Å². The molecule has 17 heavy (non-hydrogen) atoms. The van der Waals surface area contributed by atoms with E-state index in [0.29, 0.717) is 12.4 Å². The van der Waals surface area contributed by atoms with Crippen molar-refractivity contribution < 1.29 is 22.7 Å². The molecule has 0 radical (unpaired) electrons. The van der Waals surface area contributed by atoms with E-state index in [4.69, 9.17) is 4.74 Å². The second kappa shape index (κ2) is 5.67. The van der Waals surface area contributed by atoms with E-state index >= 15 is 0 Å². The quantitative estimate of drug-likeness (QED) is 0.773. The van der Waals surface area contributed by atoms with Gasteiger partial charge >= 0.3 is 5.30 Å². The Morgan fingerprint density at radius 3 is 2.18 bits per heavy atom. The molecule has 0 spiro atoms. The first kappa shape index (κ1) is 13.5. The summed E-state index contributed by atoms with van der Waals surface area (Å²) in [5, 5.41) is -1.23. The molecule has 0 aliphatic heterocycles. The second-order valence-corrected chi connectivity index (χ2v) is 4.90. The smallest absolute Gasteiger partial charge is 0.429 e. The fourth-order valence-electron chi connectivity index (χ4n) is 1.17. The van der Waals surface area contributed by atoms with Gasteiger partial charge in [0.2, 0.25) is 0 Å². The third-order valence-electron chi connectivity index (χ3n) is 1.93. The molecule has 0 bridgehead atoms. The Morgan fingerprint density at radius 2 is 1.71 bits per heavy atom. The minimum absolute atomic E-state index is 0.0229. The van der Waals surface area contributed by atoms with Gasteiger partial charge in [-0.15, -0.1) is 0 Å². The lowest BCUT2D eigenvalue weighted by atomic mass is 10.3. The molecule has 1 rings (SSSR count). The number of rotatable bonds is 4. The largest absolute Gasteiger partial charge is 0.494 e. The molecule has 0 saturated carbocycles. The summed E-state index contributed by atoms with van der Waals surface area (Å²) in [6.45, 7) is 3.88. The zero-order valence-corrected chi connectivity index (χ0v) is 10.5. The number of benzene rings is 1. The molecule has 0 aliphatic carbocycles. The van der Waals surface area contributed by atoms with Crippen LogP contribution in [-0.4, -0.2) is 26.9 Å². The van der Waals surface area contributed by atoms with Gasteiger partial charge in [-0.05, 0) is 38.1 Å². The number of ether oxygens (including phenoxy) is 2. The molecular weight excluding hydrogens is 244 g/mol. The first-order chi connectivity index (χ1) is 8.02. The van der Waals surface area contributed by atoms with Gasteiger partial charge in [0.25, 0.3) is 9.84 Å². The van der Waals surface area contributed by atoms with Gasteiger partial charge in [-0.3, -0.25) is 0 Å². The van der Waals surface area contributed by atoms with Crippen molar-refractivity contribution in [3.8, 4) is 5.75 Å². The van der Waals surface area contributed by atoms with Crippen molar-refractivity contribution >= 4 is 15.1 Å². The highest BCUT2D eigenvalue weighted by atomic mass is 32.2. The van der Waals surface area contributed by atoms with Crippen molar-refractivity contribution in [3.05, 3.63) is 24.3 Å². The number of carbonyl (C=O) groups excluding carboxylic acids is 1. The molecule has 0 saturated heterocycles. The summed E-state index contributed by atoms with van der Waals surface area (Å²) < 4.78 is 33.0. The molecule has 0 unspecified atom stereocenters. The summed E-state index contributed by atoms with van der Waals surface area (Å²) in [7, 11) is -4.05. The first-order valence-corrected chi connectivity index (χ1v) is 6.65. The van der Waals surface area contributed by atoms with Crippen LogP contribution in [0.15, 0.2) is 29.2 Å². The lowest BCUT2D eigenvalue weighted by molar-refractivity contribution is 0.178. The second-order valence-electron chi connectivity index (χ2n) is 3.09. The fraction of sp³-hybridized carbons (Fsp3) is 0.364. The van der Waals surface area contributed by atoms with Gasteiger partial charge in [-0.2, -0.15) is 0 Å². The normalized spacial score (nSPS) is 10.9. The van der Waals surface area contributed by atoms with Crippen LogP contribution in [0.3, 0.4) is 0 Å². The highest BCUT2D eigenvalue weighted by Crippen LogP contribution is 2.18.